The van der Waals surface area contributed by atoms with Crippen LogP contribution in [0.2, 0.25) is 0 Å². The van der Waals surface area contributed by atoms with Gasteiger partial charge in [0.1, 0.15) is 0 Å². The number of nitrogens with zero attached hydrogens (tertiary/aromatic N) is 1. The maximum atomic E-state index is 13.0. The predicted octanol–water partition coefficient (Wildman–Crippen LogP) is 2.15. The second-order valence-electron chi connectivity index (χ2n) is 7.64. The van der Waals surface area contributed by atoms with E-state index in [0.29, 0.717) is 17.9 Å². The van der Waals surface area contributed by atoms with E-state index in [4.69, 9.17) is 18.9 Å². The molecule has 2 aliphatic carbocycles. The lowest BCUT2D eigenvalue weighted by atomic mass is 9.54. The van der Waals surface area contributed by atoms with E-state index in [0.717, 1.165) is 37.3 Å². The van der Waals surface area contributed by atoms with E-state index >= 15 is 0 Å². The van der Waals surface area contributed by atoms with Gasteiger partial charge in [0.05, 0.1) is 19.8 Å². The Morgan fingerprint density at radius 2 is 1.88 bits per heavy atom. The lowest BCUT2D eigenvalue weighted by Gasteiger charge is -2.55. The van der Waals surface area contributed by atoms with Gasteiger partial charge in [-0.15, -0.1) is 0 Å². The first-order chi connectivity index (χ1) is 12.6. The van der Waals surface area contributed by atoms with Gasteiger partial charge in [-0.3, -0.25) is 9.69 Å². The van der Waals surface area contributed by atoms with Gasteiger partial charge in [-0.25, -0.2) is 0 Å². The molecule has 1 saturated heterocycles. The van der Waals surface area contributed by atoms with Gasteiger partial charge in [0.25, 0.3) is 0 Å². The van der Waals surface area contributed by atoms with Gasteiger partial charge in [-0.05, 0) is 56.1 Å². The Morgan fingerprint density at radius 1 is 1.12 bits per heavy atom. The highest BCUT2D eigenvalue weighted by Gasteiger charge is 2.67. The van der Waals surface area contributed by atoms with Crippen molar-refractivity contribution in [1.82, 2.24) is 4.90 Å². The van der Waals surface area contributed by atoms with Crippen LogP contribution >= 0.6 is 0 Å². The van der Waals surface area contributed by atoms with Crippen molar-refractivity contribution in [2.75, 3.05) is 34.6 Å². The molecule has 6 heteroatoms. The Balaban J connectivity index is 1.80. The van der Waals surface area contributed by atoms with Crippen molar-refractivity contribution < 1.29 is 23.7 Å². The van der Waals surface area contributed by atoms with Crippen LogP contribution in [0.15, 0.2) is 23.7 Å². The van der Waals surface area contributed by atoms with Crippen molar-refractivity contribution in [3.63, 3.8) is 0 Å². The Kier molecular flexibility index (Phi) is 3.18. The molecule has 2 heterocycles. The highest BCUT2D eigenvalue weighted by Crippen LogP contribution is 2.62. The third-order valence-corrected chi connectivity index (χ3v) is 6.89. The number of fused-ring (bicyclic) bond motifs is 2. The van der Waals surface area contributed by atoms with Crippen LogP contribution in [0.25, 0.3) is 0 Å². The van der Waals surface area contributed by atoms with Crippen LogP contribution in [0, 0.1) is 0 Å². The van der Waals surface area contributed by atoms with Crippen molar-refractivity contribution >= 4 is 5.78 Å². The van der Waals surface area contributed by atoms with Crippen LogP contribution in [0.5, 0.6) is 11.5 Å². The SMILES string of the molecule is COC1=C(OC)C23CCc4cc5c(cc4[C@]2(CCN3C)CC1=O)OCO5. The molecule has 0 amide bonds. The molecule has 1 aromatic rings. The molecule has 1 unspecified atom stereocenters. The minimum Gasteiger partial charge on any atom is -0.495 e. The number of likely N-dealkylation sites (N-methyl/N-ethyl adjacent to an activating group) is 1. The molecule has 0 spiro atoms. The fourth-order valence-corrected chi connectivity index (χ4v) is 5.83. The predicted molar refractivity (Wildman–Crippen MR) is 93.2 cm³/mol. The zero-order valence-corrected chi connectivity index (χ0v) is 15.4. The summed E-state index contributed by atoms with van der Waals surface area (Å²) in [6.07, 6.45) is 3.13. The summed E-state index contributed by atoms with van der Waals surface area (Å²) in [5.74, 6) is 2.65. The maximum absolute atomic E-state index is 13.0. The monoisotopic (exact) mass is 357 g/mol. The molecule has 0 aromatic heterocycles. The second kappa shape index (κ2) is 5.16. The van der Waals surface area contributed by atoms with Gasteiger partial charge in [0.15, 0.2) is 17.3 Å². The van der Waals surface area contributed by atoms with Crippen LogP contribution in [0.4, 0.5) is 0 Å². The van der Waals surface area contributed by atoms with E-state index in [1.807, 2.05) is 0 Å². The zero-order valence-electron chi connectivity index (χ0n) is 15.4. The van der Waals surface area contributed by atoms with Crippen LogP contribution in [0.3, 0.4) is 0 Å². The normalized spacial score (nSPS) is 32.2. The number of methoxy groups -OCH3 is 2. The Bertz CT molecular complexity index is 847. The second-order valence-corrected chi connectivity index (χ2v) is 7.64. The van der Waals surface area contributed by atoms with Crippen LogP contribution in [0.1, 0.15) is 30.4 Å². The molecular weight excluding hydrogens is 334 g/mol. The summed E-state index contributed by atoms with van der Waals surface area (Å²) in [6.45, 7) is 1.16. The number of carbonyl (C=O) groups is 1. The van der Waals surface area contributed by atoms with E-state index < -0.39 is 0 Å². The molecule has 0 N–H and O–H groups in total. The number of likely N-dealkylation sites (tertiary alicyclic amines) is 1. The number of allylic oxidation sites excluding steroid dienone is 1. The number of ketones is 1. The van der Waals surface area contributed by atoms with Crippen molar-refractivity contribution in [3.8, 4) is 11.5 Å². The Morgan fingerprint density at radius 3 is 2.62 bits per heavy atom. The maximum Gasteiger partial charge on any atom is 0.231 e. The molecule has 6 nitrogen and oxygen atoms in total. The quantitative estimate of drug-likeness (QED) is 0.808. The van der Waals surface area contributed by atoms with Crippen LogP contribution in [-0.2, 0) is 26.1 Å². The summed E-state index contributed by atoms with van der Waals surface area (Å²) in [7, 11) is 5.33. The number of Topliss-reactive ketones (excluding diaryl/α,β-unsaturated/α-hetero) is 1. The van der Waals surface area contributed by atoms with E-state index in [9.17, 15) is 4.79 Å². The molecule has 0 saturated carbocycles. The smallest absolute Gasteiger partial charge is 0.231 e. The molecule has 26 heavy (non-hydrogen) atoms. The average molecular weight is 357 g/mol. The van der Waals surface area contributed by atoms with Gasteiger partial charge in [-0.2, -0.15) is 0 Å². The summed E-state index contributed by atoms with van der Waals surface area (Å²) >= 11 is 0. The number of rotatable bonds is 2. The number of aryl methyl sites for hydroxylation is 1. The number of ether oxygens (including phenoxy) is 4. The third-order valence-electron chi connectivity index (χ3n) is 6.89. The molecule has 0 radical (unpaired) electrons. The minimum atomic E-state index is -0.359. The first kappa shape index (κ1) is 16.0. The number of hydrogen-bond donors (Lipinski definition) is 0. The minimum absolute atomic E-state index is 0.0146. The molecule has 1 aromatic carbocycles. The van der Waals surface area contributed by atoms with E-state index in [1.165, 1.54) is 11.1 Å². The molecule has 2 aliphatic heterocycles. The van der Waals surface area contributed by atoms with E-state index in [-0.39, 0.29) is 23.5 Å². The lowest BCUT2D eigenvalue weighted by molar-refractivity contribution is -0.124. The third kappa shape index (κ3) is 1.64. The number of hydrogen-bond acceptors (Lipinski definition) is 6. The van der Waals surface area contributed by atoms with Gasteiger partial charge < -0.3 is 18.9 Å². The van der Waals surface area contributed by atoms with Crippen LogP contribution in [-0.4, -0.2) is 50.8 Å². The molecule has 4 aliphatic rings. The fraction of sp³-hybridized carbons (Fsp3) is 0.550. The average Bonchev–Trinajstić information content (AvgIpc) is 3.21. The molecule has 0 bridgehead atoms. The van der Waals surface area contributed by atoms with Crippen LogP contribution < -0.4 is 9.47 Å². The largest absolute Gasteiger partial charge is 0.495 e. The lowest BCUT2D eigenvalue weighted by Crippen LogP contribution is -2.62. The fourth-order valence-electron chi connectivity index (χ4n) is 5.83. The van der Waals surface area contributed by atoms with Gasteiger partial charge >= 0.3 is 0 Å². The van der Waals surface area contributed by atoms with Crippen molar-refractivity contribution in [3.05, 3.63) is 34.8 Å². The highest BCUT2D eigenvalue weighted by atomic mass is 16.7. The Labute approximate surface area is 152 Å². The van der Waals surface area contributed by atoms with Crippen molar-refractivity contribution in [1.29, 1.82) is 0 Å². The molecular formula is C20H23NO5. The first-order valence-electron chi connectivity index (χ1n) is 9.07. The Hall–Kier alpha value is -2.21. The molecule has 138 valence electrons. The van der Waals surface area contributed by atoms with Gasteiger partial charge in [-0.1, -0.05) is 0 Å². The summed E-state index contributed by atoms with van der Waals surface area (Å²) in [5.41, 5.74) is 1.78. The van der Waals surface area contributed by atoms with Crippen molar-refractivity contribution in [2.45, 2.75) is 36.6 Å². The molecule has 1 fully saturated rings. The summed E-state index contributed by atoms with van der Waals surface area (Å²) in [6, 6.07) is 4.20. The standard InChI is InChI=1S/C20H23NO5/c1-21-7-6-19-10-14(22)17(23-2)18(24-3)20(19,21)5-4-12-8-15-16(9-13(12)19)26-11-25-15/h8-9H,4-7,10-11H2,1-3H3/t19-,20?/m0/s1. The van der Waals surface area contributed by atoms with Gasteiger partial charge in [0.2, 0.25) is 18.3 Å². The van der Waals surface area contributed by atoms with Crippen molar-refractivity contribution in [2.24, 2.45) is 0 Å². The molecule has 5 rings (SSSR count). The summed E-state index contributed by atoms with van der Waals surface area (Å²) in [4.78, 5) is 15.3. The number of benzene rings is 1. The summed E-state index contributed by atoms with van der Waals surface area (Å²) in [5, 5.41) is 0. The van der Waals surface area contributed by atoms with Gasteiger partial charge in [0, 0.05) is 11.8 Å². The number of carbonyl (C=O) groups excluding carboxylic acids is 1. The highest BCUT2D eigenvalue weighted by molar-refractivity contribution is 5.97. The van der Waals surface area contributed by atoms with E-state index in [2.05, 4.69) is 24.1 Å². The van der Waals surface area contributed by atoms with E-state index in [1.54, 1.807) is 14.2 Å². The topological polar surface area (TPSA) is 57.2 Å². The molecule has 2 atom stereocenters. The first-order valence-corrected chi connectivity index (χ1v) is 9.07. The summed E-state index contributed by atoms with van der Waals surface area (Å²) < 4.78 is 22.6. The zero-order chi connectivity index (χ0) is 18.1.